The number of nitrogens with one attached hydrogen (secondary N) is 1. The van der Waals surface area contributed by atoms with Gasteiger partial charge in [0.15, 0.2) is 0 Å². The van der Waals surface area contributed by atoms with Crippen molar-refractivity contribution in [2.45, 2.75) is 26.3 Å². The van der Waals surface area contributed by atoms with Gasteiger partial charge in [0.25, 0.3) is 0 Å². The van der Waals surface area contributed by atoms with Crippen molar-refractivity contribution in [3.8, 4) is 0 Å². The van der Waals surface area contributed by atoms with Gasteiger partial charge in [0.05, 0.1) is 0 Å². The molecule has 0 bridgehead atoms. The fourth-order valence-electron chi connectivity index (χ4n) is 2.98. The minimum Gasteiger partial charge on any atom is -0.369 e. The summed E-state index contributed by atoms with van der Waals surface area (Å²) >= 11 is 0. The zero-order chi connectivity index (χ0) is 11.8. The van der Waals surface area contributed by atoms with Crippen LogP contribution in [0.2, 0.25) is 0 Å². The van der Waals surface area contributed by atoms with E-state index in [0.29, 0.717) is 6.04 Å². The number of hydrogen-bond acceptors (Lipinski definition) is 2. The Bertz CT molecular complexity index is 460. The summed E-state index contributed by atoms with van der Waals surface area (Å²) in [5.41, 5.74) is 5.95. The van der Waals surface area contributed by atoms with E-state index >= 15 is 0 Å². The molecule has 1 N–H and O–H groups in total. The molecule has 0 saturated carbocycles. The van der Waals surface area contributed by atoms with E-state index in [1.165, 1.54) is 29.8 Å². The molecule has 90 valence electrons. The van der Waals surface area contributed by atoms with Crippen LogP contribution in [-0.2, 0) is 6.42 Å². The van der Waals surface area contributed by atoms with Crippen molar-refractivity contribution in [1.82, 2.24) is 5.32 Å². The number of nitrogens with zero attached hydrogens (tertiary/aromatic N) is 1. The first kappa shape index (κ1) is 10.8. The normalized spacial score (nSPS) is 18.8. The number of anilines is 1. The number of hydrogen-bond donors (Lipinski definition) is 1. The molecule has 0 fully saturated rings. The number of fused-ring (bicyclic) bond motifs is 1. The highest BCUT2D eigenvalue weighted by molar-refractivity contribution is 5.77. The van der Waals surface area contributed by atoms with Gasteiger partial charge in [-0.1, -0.05) is 18.2 Å². The topological polar surface area (TPSA) is 15.3 Å². The molecule has 0 aromatic heterocycles. The first-order valence-electron chi connectivity index (χ1n) is 6.56. The van der Waals surface area contributed by atoms with Gasteiger partial charge < -0.3 is 10.2 Å². The van der Waals surface area contributed by atoms with Gasteiger partial charge in [0, 0.05) is 31.4 Å². The van der Waals surface area contributed by atoms with Crippen LogP contribution in [0, 0.1) is 0 Å². The molecule has 1 aromatic carbocycles. The zero-order valence-corrected chi connectivity index (χ0v) is 10.7. The van der Waals surface area contributed by atoms with E-state index in [2.05, 4.69) is 48.3 Å². The Morgan fingerprint density at radius 3 is 2.88 bits per heavy atom. The molecule has 0 aliphatic carbocycles. The second-order valence-electron chi connectivity index (χ2n) is 5.20. The highest BCUT2D eigenvalue weighted by Crippen LogP contribution is 2.35. The maximum absolute atomic E-state index is 3.39. The standard InChI is InChI=1S/C15H20N2/c1-11(2)17-9-7-14-13(4-3-5-15(14)17)12-6-8-16-10-12/h3-6,11,16H,7-10H2,1-2H3. The van der Waals surface area contributed by atoms with Gasteiger partial charge in [0.1, 0.15) is 0 Å². The third-order valence-corrected chi connectivity index (χ3v) is 3.84. The van der Waals surface area contributed by atoms with Crippen molar-refractivity contribution in [3.63, 3.8) is 0 Å². The average Bonchev–Trinajstić information content (AvgIpc) is 2.97. The quantitative estimate of drug-likeness (QED) is 0.836. The van der Waals surface area contributed by atoms with Gasteiger partial charge in [-0.3, -0.25) is 0 Å². The van der Waals surface area contributed by atoms with Gasteiger partial charge in [-0.15, -0.1) is 0 Å². The Morgan fingerprint density at radius 1 is 1.29 bits per heavy atom. The molecule has 2 aliphatic rings. The van der Waals surface area contributed by atoms with Crippen LogP contribution in [-0.4, -0.2) is 25.7 Å². The molecule has 0 spiro atoms. The zero-order valence-electron chi connectivity index (χ0n) is 10.7. The minimum atomic E-state index is 0.599. The van der Waals surface area contributed by atoms with E-state index in [1.807, 2.05) is 0 Å². The highest BCUT2D eigenvalue weighted by Gasteiger charge is 2.24. The lowest BCUT2D eigenvalue weighted by molar-refractivity contribution is 0.710. The van der Waals surface area contributed by atoms with Crippen molar-refractivity contribution in [2.75, 3.05) is 24.5 Å². The minimum absolute atomic E-state index is 0.599. The van der Waals surface area contributed by atoms with Gasteiger partial charge in [-0.2, -0.15) is 0 Å². The summed E-state index contributed by atoms with van der Waals surface area (Å²) in [6, 6.07) is 7.35. The van der Waals surface area contributed by atoms with Crippen LogP contribution in [0.25, 0.3) is 5.57 Å². The van der Waals surface area contributed by atoms with Crippen LogP contribution in [0.5, 0.6) is 0 Å². The van der Waals surface area contributed by atoms with Crippen LogP contribution in [0.1, 0.15) is 25.0 Å². The summed E-state index contributed by atoms with van der Waals surface area (Å²) < 4.78 is 0. The lowest BCUT2D eigenvalue weighted by Crippen LogP contribution is -2.28. The average molecular weight is 228 g/mol. The van der Waals surface area contributed by atoms with Crippen LogP contribution in [0.15, 0.2) is 24.3 Å². The number of rotatable bonds is 2. The Hall–Kier alpha value is -1.28. The van der Waals surface area contributed by atoms with Crippen LogP contribution in [0.3, 0.4) is 0 Å². The summed E-state index contributed by atoms with van der Waals surface area (Å²) in [4.78, 5) is 2.52. The van der Waals surface area contributed by atoms with Crippen LogP contribution in [0.4, 0.5) is 5.69 Å². The molecule has 0 atom stereocenters. The molecule has 2 aliphatic heterocycles. The van der Waals surface area contributed by atoms with Gasteiger partial charge in [0.2, 0.25) is 0 Å². The van der Waals surface area contributed by atoms with Crippen molar-refractivity contribution in [3.05, 3.63) is 35.4 Å². The van der Waals surface area contributed by atoms with Gasteiger partial charge >= 0.3 is 0 Å². The fraction of sp³-hybridized carbons (Fsp3) is 0.467. The van der Waals surface area contributed by atoms with E-state index in [-0.39, 0.29) is 0 Å². The highest BCUT2D eigenvalue weighted by atomic mass is 15.2. The molecule has 0 amide bonds. The summed E-state index contributed by atoms with van der Waals surface area (Å²) in [6.07, 6.45) is 3.52. The van der Waals surface area contributed by atoms with Gasteiger partial charge in [-0.25, -0.2) is 0 Å². The van der Waals surface area contributed by atoms with Crippen molar-refractivity contribution in [2.24, 2.45) is 0 Å². The maximum Gasteiger partial charge on any atom is 0.0407 e. The molecule has 0 radical (unpaired) electrons. The molecule has 0 saturated heterocycles. The molecule has 2 nitrogen and oxygen atoms in total. The van der Waals surface area contributed by atoms with E-state index in [0.717, 1.165) is 13.1 Å². The van der Waals surface area contributed by atoms with E-state index in [1.54, 1.807) is 5.56 Å². The first-order chi connectivity index (χ1) is 8.27. The Balaban J connectivity index is 2.03. The van der Waals surface area contributed by atoms with E-state index in [4.69, 9.17) is 0 Å². The second-order valence-corrected chi connectivity index (χ2v) is 5.20. The predicted octanol–water partition coefficient (Wildman–Crippen LogP) is 2.44. The lowest BCUT2D eigenvalue weighted by Gasteiger charge is -2.24. The maximum atomic E-state index is 3.39. The van der Waals surface area contributed by atoms with Crippen molar-refractivity contribution >= 4 is 11.3 Å². The van der Waals surface area contributed by atoms with Gasteiger partial charge in [-0.05, 0) is 43.0 Å². The molecule has 2 heterocycles. The monoisotopic (exact) mass is 228 g/mol. The first-order valence-corrected chi connectivity index (χ1v) is 6.56. The molecule has 3 rings (SSSR count). The fourth-order valence-corrected chi connectivity index (χ4v) is 2.98. The second kappa shape index (κ2) is 4.19. The molecule has 2 heteroatoms. The molecule has 17 heavy (non-hydrogen) atoms. The van der Waals surface area contributed by atoms with Crippen molar-refractivity contribution < 1.29 is 0 Å². The Morgan fingerprint density at radius 2 is 2.18 bits per heavy atom. The Kier molecular flexibility index (Phi) is 2.67. The van der Waals surface area contributed by atoms with Crippen molar-refractivity contribution in [1.29, 1.82) is 0 Å². The summed E-state index contributed by atoms with van der Waals surface area (Å²) in [6.45, 7) is 7.77. The third-order valence-electron chi connectivity index (χ3n) is 3.84. The van der Waals surface area contributed by atoms with E-state index < -0.39 is 0 Å². The molecule has 1 aromatic rings. The molecular weight excluding hydrogens is 208 g/mol. The largest absolute Gasteiger partial charge is 0.369 e. The summed E-state index contributed by atoms with van der Waals surface area (Å²) in [7, 11) is 0. The van der Waals surface area contributed by atoms with Crippen LogP contribution >= 0.6 is 0 Å². The van der Waals surface area contributed by atoms with Crippen LogP contribution < -0.4 is 10.2 Å². The number of benzene rings is 1. The SMILES string of the molecule is CC(C)N1CCc2c(C3=CCNC3)cccc21. The van der Waals surface area contributed by atoms with E-state index in [9.17, 15) is 0 Å². The third kappa shape index (κ3) is 1.77. The summed E-state index contributed by atoms with van der Waals surface area (Å²) in [5.74, 6) is 0. The molecule has 0 unspecified atom stereocenters. The predicted molar refractivity (Wildman–Crippen MR) is 73.5 cm³/mol. The Labute approximate surface area is 103 Å². The smallest absolute Gasteiger partial charge is 0.0407 e. The molecular formula is C15H20N2. The summed E-state index contributed by atoms with van der Waals surface area (Å²) in [5, 5.41) is 3.39. The lowest BCUT2D eigenvalue weighted by atomic mass is 9.98.